The molecule has 0 saturated heterocycles. The van der Waals surface area contributed by atoms with Crippen LogP contribution in [0.3, 0.4) is 0 Å². The van der Waals surface area contributed by atoms with Gasteiger partial charge in [-0.25, -0.2) is 4.79 Å². The largest absolute Gasteiger partial charge is 0.476 e. The van der Waals surface area contributed by atoms with Gasteiger partial charge in [-0.1, -0.05) is 11.2 Å². The highest BCUT2D eigenvalue weighted by Crippen LogP contribution is 2.25. The second-order valence-electron chi connectivity index (χ2n) is 6.36. The standard InChI is InChI=1S/C18H19N5O4/c1-2-7-23-13-6-5-11(9-12(13)16(21-23)18(24)25)19-10-15-20-17(27-22-15)14-4-3-8-26-14/h2-4,8,11,19H,1,5-7,9-10H2,(H,24,25)/t11-/m0/s1. The van der Waals surface area contributed by atoms with Crippen LogP contribution in [0.1, 0.15) is 34.0 Å². The minimum Gasteiger partial charge on any atom is -0.476 e. The van der Waals surface area contributed by atoms with Gasteiger partial charge in [-0.2, -0.15) is 10.1 Å². The zero-order valence-corrected chi connectivity index (χ0v) is 14.6. The lowest BCUT2D eigenvalue weighted by Gasteiger charge is -2.23. The van der Waals surface area contributed by atoms with Crippen molar-refractivity contribution in [3.63, 3.8) is 0 Å². The molecular weight excluding hydrogens is 350 g/mol. The van der Waals surface area contributed by atoms with E-state index < -0.39 is 5.97 Å². The third kappa shape index (κ3) is 3.41. The average Bonchev–Trinajstić information content (AvgIpc) is 3.40. The maximum atomic E-state index is 11.5. The highest BCUT2D eigenvalue weighted by molar-refractivity contribution is 5.87. The van der Waals surface area contributed by atoms with Crippen molar-refractivity contribution in [3.05, 3.63) is 53.8 Å². The van der Waals surface area contributed by atoms with E-state index in [2.05, 4.69) is 27.1 Å². The SMILES string of the molecule is C=CCn1nc(C(=O)O)c2c1CC[C@H](NCc1noc(-c3ccco3)n1)C2. The summed E-state index contributed by atoms with van der Waals surface area (Å²) in [6.45, 7) is 4.64. The van der Waals surface area contributed by atoms with E-state index in [-0.39, 0.29) is 11.7 Å². The van der Waals surface area contributed by atoms with Crippen molar-refractivity contribution in [2.45, 2.75) is 38.4 Å². The number of aromatic carboxylic acids is 1. The summed E-state index contributed by atoms with van der Waals surface area (Å²) in [6.07, 6.45) is 5.49. The Bertz CT molecular complexity index is 957. The third-order valence-electron chi connectivity index (χ3n) is 4.60. The fraction of sp³-hybridized carbons (Fsp3) is 0.333. The fourth-order valence-electron chi connectivity index (χ4n) is 3.37. The summed E-state index contributed by atoms with van der Waals surface area (Å²) in [5.74, 6) is 0.377. The monoisotopic (exact) mass is 369 g/mol. The molecule has 1 atom stereocenters. The van der Waals surface area contributed by atoms with Crippen LogP contribution < -0.4 is 5.32 Å². The van der Waals surface area contributed by atoms with E-state index in [9.17, 15) is 9.90 Å². The molecule has 9 nitrogen and oxygen atoms in total. The number of carboxylic acid groups (broad SMARTS) is 1. The third-order valence-corrected chi connectivity index (χ3v) is 4.60. The Hall–Kier alpha value is -3.20. The maximum absolute atomic E-state index is 11.5. The second kappa shape index (κ2) is 7.20. The molecule has 2 N–H and O–H groups in total. The topological polar surface area (TPSA) is 119 Å². The van der Waals surface area contributed by atoms with Crippen molar-refractivity contribution in [2.24, 2.45) is 0 Å². The fourth-order valence-corrected chi connectivity index (χ4v) is 3.37. The molecule has 0 saturated carbocycles. The van der Waals surface area contributed by atoms with Gasteiger partial charge in [0.05, 0.1) is 19.4 Å². The number of rotatable bonds is 7. The molecule has 9 heteroatoms. The Morgan fingerprint density at radius 3 is 3.15 bits per heavy atom. The van der Waals surface area contributed by atoms with Gasteiger partial charge < -0.3 is 19.4 Å². The molecule has 27 heavy (non-hydrogen) atoms. The van der Waals surface area contributed by atoms with Crippen LogP contribution in [0.15, 0.2) is 40.0 Å². The molecule has 0 amide bonds. The number of nitrogens with zero attached hydrogens (tertiary/aromatic N) is 4. The first-order valence-electron chi connectivity index (χ1n) is 8.68. The van der Waals surface area contributed by atoms with Gasteiger partial charge in [-0.15, -0.1) is 6.58 Å². The average molecular weight is 369 g/mol. The Morgan fingerprint density at radius 1 is 1.52 bits per heavy atom. The molecule has 3 heterocycles. The van der Waals surface area contributed by atoms with E-state index in [4.69, 9.17) is 8.94 Å². The molecule has 0 unspecified atom stereocenters. The lowest BCUT2D eigenvalue weighted by atomic mass is 9.91. The number of aromatic nitrogens is 4. The number of furan rings is 1. The molecular formula is C18H19N5O4. The minimum absolute atomic E-state index is 0.113. The summed E-state index contributed by atoms with van der Waals surface area (Å²) in [5, 5.41) is 21.0. The van der Waals surface area contributed by atoms with Crippen LogP contribution >= 0.6 is 0 Å². The molecule has 0 fully saturated rings. The first kappa shape index (κ1) is 17.2. The number of nitrogens with one attached hydrogen (secondary N) is 1. The summed E-state index contributed by atoms with van der Waals surface area (Å²) >= 11 is 0. The Labute approximate surface area is 154 Å². The van der Waals surface area contributed by atoms with E-state index in [0.29, 0.717) is 37.0 Å². The Morgan fingerprint density at radius 2 is 2.41 bits per heavy atom. The molecule has 0 bridgehead atoms. The molecule has 4 rings (SSSR count). The van der Waals surface area contributed by atoms with Crippen molar-refractivity contribution < 1.29 is 18.8 Å². The minimum atomic E-state index is -1.00. The van der Waals surface area contributed by atoms with Crippen LogP contribution in [0, 0.1) is 0 Å². The first-order chi connectivity index (χ1) is 13.2. The van der Waals surface area contributed by atoms with Crippen molar-refractivity contribution >= 4 is 5.97 Å². The molecule has 1 aliphatic rings. The van der Waals surface area contributed by atoms with Gasteiger partial charge in [0.15, 0.2) is 17.3 Å². The van der Waals surface area contributed by atoms with E-state index >= 15 is 0 Å². The van der Waals surface area contributed by atoms with E-state index in [1.165, 1.54) is 0 Å². The van der Waals surface area contributed by atoms with E-state index in [0.717, 1.165) is 24.1 Å². The van der Waals surface area contributed by atoms with Gasteiger partial charge in [0.1, 0.15) is 0 Å². The quantitative estimate of drug-likeness (QED) is 0.607. The Balaban J connectivity index is 1.44. The van der Waals surface area contributed by atoms with Gasteiger partial charge in [0.25, 0.3) is 5.89 Å². The molecule has 3 aromatic heterocycles. The second-order valence-corrected chi connectivity index (χ2v) is 6.36. The molecule has 0 radical (unpaired) electrons. The Kier molecular flexibility index (Phi) is 4.59. The van der Waals surface area contributed by atoms with Crippen LogP contribution in [-0.4, -0.2) is 37.0 Å². The summed E-state index contributed by atoms with van der Waals surface area (Å²) in [4.78, 5) is 15.8. The van der Waals surface area contributed by atoms with Crippen molar-refractivity contribution in [1.82, 2.24) is 25.2 Å². The number of hydrogen-bond donors (Lipinski definition) is 2. The maximum Gasteiger partial charge on any atom is 0.356 e. The van der Waals surface area contributed by atoms with Crippen LogP contribution in [-0.2, 0) is 25.9 Å². The normalized spacial score (nSPS) is 16.2. The molecule has 1 aliphatic carbocycles. The van der Waals surface area contributed by atoms with Crippen LogP contribution in [0.25, 0.3) is 11.7 Å². The number of hydrogen-bond acceptors (Lipinski definition) is 7. The molecule has 3 aromatic rings. The summed E-state index contributed by atoms with van der Waals surface area (Å²) < 4.78 is 12.2. The van der Waals surface area contributed by atoms with Crippen LogP contribution in [0.4, 0.5) is 0 Å². The zero-order chi connectivity index (χ0) is 18.8. The van der Waals surface area contributed by atoms with Gasteiger partial charge >= 0.3 is 5.97 Å². The molecule has 0 aromatic carbocycles. The number of fused-ring (bicyclic) bond motifs is 1. The smallest absolute Gasteiger partial charge is 0.356 e. The van der Waals surface area contributed by atoms with Crippen molar-refractivity contribution in [2.75, 3.05) is 0 Å². The molecule has 0 spiro atoms. The predicted octanol–water partition coefficient (Wildman–Crippen LogP) is 2.06. The number of carboxylic acids is 1. The van der Waals surface area contributed by atoms with Gasteiger partial charge in [-0.3, -0.25) is 4.68 Å². The summed E-state index contributed by atoms with van der Waals surface area (Å²) in [5.41, 5.74) is 1.89. The lowest BCUT2D eigenvalue weighted by Crippen LogP contribution is -2.35. The van der Waals surface area contributed by atoms with Gasteiger partial charge in [0, 0.05) is 17.3 Å². The van der Waals surface area contributed by atoms with Crippen LogP contribution in [0.2, 0.25) is 0 Å². The highest BCUT2D eigenvalue weighted by Gasteiger charge is 2.28. The summed E-state index contributed by atoms with van der Waals surface area (Å²) in [7, 11) is 0. The highest BCUT2D eigenvalue weighted by atomic mass is 16.5. The predicted molar refractivity (Wildman–Crippen MR) is 94.0 cm³/mol. The van der Waals surface area contributed by atoms with Crippen LogP contribution in [0.5, 0.6) is 0 Å². The van der Waals surface area contributed by atoms with Crippen molar-refractivity contribution in [3.8, 4) is 11.7 Å². The number of carbonyl (C=O) groups is 1. The van der Waals surface area contributed by atoms with E-state index in [1.54, 1.807) is 29.2 Å². The number of allylic oxidation sites excluding steroid dienone is 1. The lowest BCUT2D eigenvalue weighted by molar-refractivity contribution is 0.0688. The zero-order valence-electron chi connectivity index (χ0n) is 14.6. The first-order valence-corrected chi connectivity index (χ1v) is 8.68. The molecule has 140 valence electrons. The summed E-state index contributed by atoms with van der Waals surface area (Å²) in [6, 6.07) is 3.62. The van der Waals surface area contributed by atoms with Gasteiger partial charge in [-0.05, 0) is 31.4 Å². The van der Waals surface area contributed by atoms with Crippen molar-refractivity contribution in [1.29, 1.82) is 0 Å². The van der Waals surface area contributed by atoms with E-state index in [1.807, 2.05) is 0 Å². The molecule has 0 aliphatic heterocycles. The van der Waals surface area contributed by atoms with Gasteiger partial charge in [0.2, 0.25) is 0 Å².